The predicted octanol–water partition coefficient (Wildman–Crippen LogP) is 5.48. The lowest BCUT2D eigenvalue weighted by Gasteiger charge is -2.19. The summed E-state index contributed by atoms with van der Waals surface area (Å²) in [5, 5.41) is 1.35. The van der Waals surface area contributed by atoms with Gasteiger partial charge in [-0.1, -0.05) is 39.0 Å². The van der Waals surface area contributed by atoms with E-state index in [1.807, 2.05) is 0 Å². The molecule has 27 heavy (non-hydrogen) atoms. The van der Waals surface area contributed by atoms with E-state index in [0.717, 1.165) is 25.8 Å². The van der Waals surface area contributed by atoms with E-state index in [9.17, 15) is 0 Å². The second kappa shape index (κ2) is 7.77. The number of nitrogens with zero attached hydrogens (tertiary/aromatic N) is 1. The van der Waals surface area contributed by atoms with Gasteiger partial charge in [-0.2, -0.15) is 0 Å². The molecule has 3 nitrogen and oxygen atoms in total. The van der Waals surface area contributed by atoms with Gasteiger partial charge < -0.3 is 15.6 Å². The largest absolute Gasteiger partial charge is 0.378 e. The number of nitrogens with one attached hydrogen (secondary N) is 1. The van der Waals surface area contributed by atoms with Gasteiger partial charge in [-0.3, -0.25) is 0 Å². The van der Waals surface area contributed by atoms with Crippen LogP contribution >= 0.6 is 0 Å². The molecule has 0 bridgehead atoms. The van der Waals surface area contributed by atoms with Crippen molar-refractivity contribution < 1.29 is 0 Å². The minimum absolute atomic E-state index is 0.146. The summed E-state index contributed by atoms with van der Waals surface area (Å²) in [4.78, 5) is 5.82. The first-order chi connectivity index (χ1) is 12.8. The van der Waals surface area contributed by atoms with E-state index in [1.165, 1.54) is 39.0 Å². The Bertz CT molecular complexity index is 896. The molecule has 1 heterocycles. The summed E-state index contributed by atoms with van der Waals surface area (Å²) < 4.78 is 0. The Morgan fingerprint density at radius 3 is 2.26 bits per heavy atom. The monoisotopic (exact) mass is 363 g/mol. The smallest absolute Gasteiger partial charge is 0.0497 e. The molecule has 0 amide bonds. The fourth-order valence-corrected chi connectivity index (χ4v) is 3.59. The topological polar surface area (TPSA) is 45.0 Å². The maximum absolute atomic E-state index is 5.74. The fourth-order valence-electron chi connectivity index (χ4n) is 3.59. The lowest BCUT2D eigenvalue weighted by Crippen LogP contribution is -2.10. The summed E-state index contributed by atoms with van der Waals surface area (Å²) in [6, 6.07) is 15.7. The fraction of sp³-hybridized carbons (Fsp3) is 0.417. The standard InChI is InChI=1S/C24H33N3/c1-24(2,3)18-11-14-22-21(16-18)20(8-6-7-15-25)23(26-22)17-9-12-19(13-10-17)27(4)5/h9-14,16,26H,6-8,15,25H2,1-5H3. The van der Waals surface area contributed by atoms with Crippen LogP contribution in [0.15, 0.2) is 42.5 Å². The molecule has 0 aliphatic carbocycles. The van der Waals surface area contributed by atoms with E-state index in [0.29, 0.717) is 0 Å². The van der Waals surface area contributed by atoms with Gasteiger partial charge in [0.15, 0.2) is 0 Å². The number of hydrogen-bond donors (Lipinski definition) is 2. The molecule has 0 aliphatic heterocycles. The van der Waals surface area contributed by atoms with Crippen molar-refractivity contribution in [2.45, 2.75) is 45.4 Å². The van der Waals surface area contributed by atoms with Crippen LogP contribution in [-0.2, 0) is 11.8 Å². The zero-order valence-corrected chi connectivity index (χ0v) is 17.4. The summed E-state index contributed by atoms with van der Waals surface area (Å²) in [5.41, 5.74) is 13.6. The van der Waals surface area contributed by atoms with Crippen molar-refractivity contribution in [2.24, 2.45) is 5.73 Å². The highest BCUT2D eigenvalue weighted by molar-refractivity contribution is 5.91. The number of aromatic amines is 1. The number of H-pyrrole nitrogens is 1. The molecule has 0 fully saturated rings. The van der Waals surface area contributed by atoms with E-state index in [-0.39, 0.29) is 5.41 Å². The zero-order valence-electron chi connectivity index (χ0n) is 17.4. The summed E-state index contributed by atoms with van der Waals surface area (Å²) in [6.45, 7) is 7.57. The van der Waals surface area contributed by atoms with Crippen molar-refractivity contribution >= 4 is 16.6 Å². The van der Waals surface area contributed by atoms with Gasteiger partial charge >= 0.3 is 0 Å². The number of hydrogen-bond acceptors (Lipinski definition) is 2. The normalized spacial score (nSPS) is 11.9. The van der Waals surface area contributed by atoms with Crippen LogP contribution in [-0.4, -0.2) is 25.6 Å². The Morgan fingerprint density at radius 1 is 0.963 bits per heavy atom. The molecule has 3 N–H and O–H groups in total. The average molecular weight is 364 g/mol. The first-order valence-corrected chi connectivity index (χ1v) is 9.94. The summed E-state index contributed by atoms with van der Waals surface area (Å²) in [6.07, 6.45) is 3.23. The molecule has 2 aromatic carbocycles. The number of anilines is 1. The van der Waals surface area contributed by atoms with Crippen LogP contribution < -0.4 is 10.6 Å². The molecule has 0 radical (unpaired) electrons. The summed E-state index contributed by atoms with van der Waals surface area (Å²) >= 11 is 0. The number of aromatic nitrogens is 1. The van der Waals surface area contributed by atoms with Gasteiger partial charge in [0.05, 0.1) is 0 Å². The van der Waals surface area contributed by atoms with Gasteiger partial charge in [0.25, 0.3) is 0 Å². The van der Waals surface area contributed by atoms with Gasteiger partial charge in [0.1, 0.15) is 0 Å². The zero-order chi connectivity index (χ0) is 19.6. The Labute approximate surface area is 163 Å². The van der Waals surface area contributed by atoms with Crippen molar-refractivity contribution in [2.75, 3.05) is 25.5 Å². The van der Waals surface area contributed by atoms with Gasteiger partial charge in [-0.15, -0.1) is 0 Å². The third-order valence-corrected chi connectivity index (χ3v) is 5.33. The van der Waals surface area contributed by atoms with Gasteiger partial charge in [-0.25, -0.2) is 0 Å². The minimum Gasteiger partial charge on any atom is -0.378 e. The first-order valence-electron chi connectivity index (χ1n) is 9.94. The van der Waals surface area contributed by atoms with Crippen LogP contribution in [0.3, 0.4) is 0 Å². The quantitative estimate of drug-likeness (QED) is 0.570. The third-order valence-electron chi connectivity index (χ3n) is 5.33. The van der Waals surface area contributed by atoms with Gasteiger partial charge in [0, 0.05) is 36.4 Å². The van der Waals surface area contributed by atoms with Crippen LogP contribution in [0.25, 0.3) is 22.2 Å². The van der Waals surface area contributed by atoms with Crippen molar-refractivity contribution in [1.82, 2.24) is 4.98 Å². The number of fused-ring (bicyclic) bond motifs is 1. The van der Waals surface area contributed by atoms with Crippen LogP contribution in [0, 0.1) is 0 Å². The first kappa shape index (κ1) is 19.5. The number of rotatable bonds is 6. The SMILES string of the molecule is CN(C)c1ccc(-c2[nH]c3ccc(C(C)(C)C)cc3c2CCCCN)cc1. The third kappa shape index (κ3) is 4.19. The molecule has 0 spiro atoms. The second-order valence-electron chi connectivity index (χ2n) is 8.68. The minimum atomic E-state index is 0.146. The van der Waals surface area contributed by atoms with Gasteiger partial charge in [-0.05, 0) is 72.2 Å². The average Bonchev–Trinajstić information content (AvgIpc) is 2.99. The van der Waals surface area contributed by atoms with Crippen molar-refractivity contribution in [3.63, 3.8) is 0 Å². The molecule has 3 rings (SSSR count). The Kier molecular flexibility index (Phi) is 5.61. The molecular weight excluding hydrogens is 330 g/mol. The highest BCUT2D eigenvalue weighted by atomic mass is 15.1. The molecule has 0 saturated heterocycles. The van der Waals surface area contributed by atoms with Crippen LogP contribution in [0.5, 0.6) is 0 Å². The van der Waals surface area contributed by atoms with E-state index < -0.39 is 0 Å². The van der Waals surface area contributed by atoms with E-state index in [2.05, 4.69) is 87.2 Å². The van der Waals surface area contributed by atoms with Crippen LogP contribution in [0.1, 0.15) is 44.7 Å². The lowest BCUT2D eigenvalue weighted by molar-refractivity contribution is 0.591. The second-order valence-corrected chi connectivity index (χ2v) is 8.68. The molecule has 1 aromatic heterocycles. The van der Waals surface area contributed by atoms with Crippen LogP contribution in [0.2, 0.25) is 0 Å². The summed E-state index contributed by atoms with van der Waals surface area (Å²) in [7, 11) is 4.15. The number of nitrogens with two attached hydrogens (primary N) is 1. The van der Waals surface area contributed by atoms with Crippen molar-refractivity contribution in [1.29, 1.82) is 0 Å². The van der Waals surface area contributed by atoms with E-state index in [1.54, 1.807) is 0 Å². The van der Waals surface area contributed by atoms with E-state index >= 15 is 0 Å². The van der Waals surface area contributed by atoms with E-state index in [4.69, 9.17) is 5.73 Å². The molecular formula is C24H33N3. The maximum Gasteiger partial charge on any atom is 0.0497 e. The molecule has 0 unspecified atom stereocenters. The van der Waals surface area contributed by atoms with Crippen molar-refractivity contribution in [3.05, 3.63) is 53.6 Å². The highest BCUT2D eigenvalue weighted by Gasteiger charge is 2.18. The predicted molar refractivity (Wildman–Crippen MR) is 119 cm³/mol. The number of aryl methyl sites for hydroxylation is 1. The van der Waals surface area contributed by atoms with Gasteiger partial charge in [0.2, 0.25) is 0 Å². The van der Waals surface area contributed by atoms with Crippen molar-refractivity contribution in [3.8, 4) is 11.3 Å². The highest BCUT2D eigenvalue weighted by Crippen LogP contribution is 2.35. The maximum atomic E-state index is 5.74. The number of benzene rings is 2. The molecule has 0 aliphatic rings. The molecule has 3 heteroatoms. The Morgan fingerprint density at radius 2 is 1.67 bits per heavy atom. The number of unbranched alkanes of at least 4 members (excludes halogenated alkanes) is 1. The molecule has 144 valence electrons. The Balaban J connectivity index is 2.11. The van der Waals surface area contributed by atoms with Crippen LogP contribution in [0.4, 0.5) is 5.69 Å². The summed E-state index contributed by atoms with van der Waals surface area (Å²) in [5.74, 6) is 0. The molecule has 3 aromatic rings. The molecule has 0 atom stereocenters. The lowest BCUT2D eigenvalue weighted by atomic mass is 9.86. The molecule has 0 saturated carbocycles. The Hall–Kier alpha value is -2.26.